The van der Waals surface area contributed by atoms with E-state index in [0.717, 1.165) is 25.0 Å². The van der Waals surface area contributed by atoms with Gasteiger partial charge >= 0.3 is 0 Å². The fourth-order valence-corrected chi connectivity index (χ4v) is 3.73. The zero-order valence-electron chi connectivity index (χ0n) is 15.6. The topological polar surface area (TPSA) is 58.6 Å². The molecule has 0 spiro atoms. The van der Waals surface area contributed by atoms with Gasteiger partial charge in [-0.1, -0.05) is 6.07 Å². The van der Waals surface area contributed by atoms with Crippen molar-refractivity contribution in [3.05, 3.63) is 35.4 Å². The van der Waals surface area contributed by atoms with E-state index in [-0.39, 0.29) is 11.3 Å². The molecule has 0 amide bonds. The van der Waals surface area contributed by atoms with Crippen LogP contribution in [-0.4, -0.2) is 34.7 Å². The molecular formula is C19H26F2O4S. The van der Waals surface area contributed by atoms with E-state index in [2.05, 4.69) is 0 Å². The summed E-state index contributed by atoms with van der Waals surface area (Å²) in [5, 5.41) is -0.730. The van der Waals surface area contributed by atoms with E-state index in [1.807, 2.05) is 0 Å². The number of carbonyl (C=O) groups is 1. The monoisotopic (exact) mass is 388 g/mol. The molecular weight excluding hydrogens is 362 g/mol. The molecule has 0 aliphatic carbocycles. The van der Waals surface area contributed by atoms with Crippen LogP contribution in [0.4, 0.5) is 8.78 Å². The highest BCUT2D eigenvalue weighted by atomic mass is 32.2. The molecule has 0 radical (unpaired) electrons. The SMILES string of the molecule is CC(C(=O)C(C)(C)C(OC1CCCCO1)c1ccc(F)cc1F)[S+](C)[O-]. The molecule has 2 rings (SSSR count). The summed E-state index contributed by atoms with van der Waals surface area (Å²) in [6.07, 6.45) is 2.38. The Morgan fingerprint density at radius 3 is 2.62 bits per heavy atom. The molecule has 4 nitrogen and oxygen atoms in total. The summed E-state index contributed by atoms with van der Waals surface area (Å²) in [7, 11) is 0. The van der Waals surface area contributed by atoms with Crippen molar-refractivity contribution in [2.45, 2.75) is 57.7 Å². The van der Waals surface area contributed by atoms with Gasteiger partial charge in [0.1, 0.15) is 17.7 Å². The molecule has 1 fully saturated rings. The smallest absolute Gasteiger partial charge is 0.193 e. The van der Waals surface area contributed by atoms with Gasteiger partial charge in [0, 0.05) is 18.2 Å². The van der Waals surface area contributed by atoms with E-state index in [1.165, 1.54) is 12.3 Å². The average molecular weight is 388 g/mol. The molecule has 0 bridgehead atoms. The van der Waals surface area contributed by atoms with Crippen molar-refractivity contribution in [3.63, 3.8) is 0 Å². The minimum absolute atomic E-state index is 0.0907. The second kappa shape index (κ2) is 8.78. The van der Waals surface area contributed by atoms with Crippen molar-refractivity contribution in [2.75, 3.05) is 12.9 Å². The van der Waals surface area contributed by atoms with Crippen molar-refractivity contribution in [1.82, 2.24) is 0 Å². The fraction of sp³-hybridized carbons (Fsp3) is 0.632. The summed E-state index contributed by atoms with van der Waals surface area (Å²) in [6, 6.07) is 3.20. The van der Waals surface area contributed by atoms with E-state index < -0.39 is 45.9 Å². The van der Waals surface area contributed by atoms with Gasteiger partial charge in [-0.2, -0.15) is 0 Å². The van der Waals surface area contributed by atoms with Gasteiger partial charge in [0.05, 0.1) is 11.7 Å². The van der Waals surface area contributed by atoms with Crippen LogP contribution in [-0.2, 0) is 25.4 Å². The number of benzene rings is 1. The van der Waals surface area contributed by atoms with Gasteiger partial charge in [-0.05, 0) is 57.3 Å². The van der Waals surface area contributed by atoms with Gasteiger partial charge in [-0.3, -0.25) is 4.79 Å². The average Bonchev–Trinajstić information content (AvgIpc) is 2.59. The minimum Gasteiger partial charge on any atom is -0.616 e. The third-order valence-electron chi connectivity index (χ3n) is 4.83. The molecule has 146 valence electrons. The molecule has 26 heavy (non-hydrogen) atoms. The Morgan fingerprint density at radius 1 is 1.38 bits per heavy atom. The third kappa shape index (κ3) is 4.82. The highest BCUT2D eigenvalue weighted by Crippen LogP contribution is 2.42. The largest absolute Gasteiger partial charge is 0.616 e. The zero-order chi connectivity index (χ0) is 19.5. The molecule has 0 aromatic heterocycles. The Bertz CT molecular complexity index is 630. The molecule has 1 aliphatic heterocycles. The standard InChI is InChI=1S/C19H26F2O4S/c1-12(26(4)23)17(22)19(2,3)18(25-16-7-5-6-10-24-16)14-9-8-13(20)11-15(14)21/h8-9,11-12,16,18H,5-7,10H2,1-4H3. The predicted molar refractivity (Wildman–Crippen MR) is 96.1 cm³/mol. The van der Waals surface area contributed by atoms with Gasteiger partial charge in [0.2, 0.25) is 0 Å². The first-order chi connectivity index (χ1) is 12.1. The van der Waals surface area contributed by atoms with Crippen molar-refractivity contribution in [1.29, 1.82) is 0 Å². The molecule has 1 aliphatic rings. The molecule has 1 saturated heterocycles. The molecule has 7 heteroatoms. The van der Waals surface area contributed by atoms with E-state index in [1.54, 1.807) is 20.8 Å². The van der Waals surface area contributed by atoms with Crippen LogP contribution in [0.1, 0.15) is 51.7 Å². The lowest BCUT2D eigenvalue weighted by Gasteiger charge is -2.37. The van der Waals surface area contributed by atoms with E-state index in [0.29, 0.717) is 13.0 Å². The lowest BCUT2D eigenvalue weighted by molar-refractivity contribution is -0.211. The normalized spacial score (nSPS) is 21.9. The Balaban J connectivity index is 2.39. The number of hydrogen-bond acceptors (Lipinski definition) is 4. The second-order valence-electron chi connectivity index (χ2n) is 7.20. The van der Waals surface area contributed by atoms with Crippen molar-refractivity contribution in [3.8, 4) is 0 Å². The van der Waals surface area contributed by atoms with Gasteiger partial charge < -0.3 is 14.0 Å². The molecule has 0 N–H and O–H groups in total. The zero-order valence-corrected chi connectivity index (χ0v) is 16.4. The molecule has 0 saturated carbocycles. The first-order valence-electron chi connectivity index (χ1n) is 8.73. The van der Waals surface area contributed by atoms with Gasteiger partial charge in [-0.15, -0.1) is 0 Å². The van der Waals surface area contributed by atoms with Crippen molar-refractivity contribution >= 4 is 17.0 Å². The lowest BCUT2D eigenvalue weighted by atomic mass is 9.77. The number of Topliss-reactive ketones (excluding diaryl/α,β-unsaturated/α-hetero) is 1. The first kappa shape index (κ1) is 21.3. The third-order valence-corrected chi connectivity index (χ3v) is 6.04. The Morgan fingerprint density at radius 2 is 2.08 bits per heavy atom. The molecule has 1 aromatic rings. The summed E-state index contributed by atoms with van der Waals surface area (Å²) in [5.41, 5.74) is -1.09. The predicted octanol–water partition coefficient (Wildman–Crippen LogP) is 3.91. The number of rotatable bonds is 7. The van der Waals surface area contributed by atoms with E-state index >= 15 is 0 Å². The van der Waals surface area contributed by atoms with Crippen LogP contribution in [0.2, 0.25) is 0 Å². The minimum atomic E-state index is -1.37. The van der Waals surface area contributed by atoms with Crippen molar-refractivity contribution in [2.24, 2.45) is 5.41 Å². The Labute approximate surface area is 156 Å². The maximum atomic E-state index is 14.5. The Hall–Kier alpha value is -1.02. The molecule has 1 aromatic carbocycles. The maximum absolute atomic E-state index is 14.5. The van der Waals surface area contributed by atoms with E-state index in [4.69, 9.17) is 9.47 Å². The molecule has 1 heterocycles. The van der Waals surface area contributed by atoms with Crippen LogP contribution in [0.25, 0.3) is 0 Å². The fourth-order valence-electron chi connectivity index (χ4n) is 3.12. The summed E-state index contributed by atoms with van der Waals surface area (Å²) in [6.45, 7) is 5.38. The highest BCUT2D eigenvalue weighted by Gasteiger charge is 2.45. The summed E-state index contributed by atoms with van der Waals surface area (Å²) in [4.78, 5) is 12.9. The number of ether oxygens (including phenoxy) is 2. The van der Waals surface area contributed by atoms with Crippen LogP contribution in [0, 0.1) is 17.0 Å². The van der Waals surface area contributed by atoms with Crippen LogP contribution < -0.4 is 0 Å². The van der Waals surface area contributed by atoms with Gasteiger partial charge in [0.25, 0.3) is 0 Å². The van der Waals surface area contributed by atoms with Crippen LogP contribution in [0.5, 0.6) is 0 Å². The number of halogens is 2. The molecule has 4 atom stereocenters. The first-order valence-corrected chi connectivity index (χ1v) is 10.3. The second-order valence-corrected chi connectivity index (χ2v) is 8.91. The van der Waals surface area contributed by atoms with Crippen LogP contribution >= 0.6 is 0 Å². The summed E-state index contributed by atoms with van der Waals surface area (Å²) >= 11 is -1.37. The number of carbonyl (C=O) groups excluding carboxylic acids is 1. The lowest BCUT2D eigenvalue weighted by Crippen LogP contribution is -2.43. The maximum Gasteiger partial charge on any atom is 0.193 e. The van der Waals surface area contributed by atoms with Crippen LogP contribution in [0.15, 0.2) is 18.2 Å². The summed E-state index contributed by atoms with van der Waals surface area (Å²) in [5.74, 6) is -1.79. The van der Waals surface area contributed by atoms with E-state index in [9.17, 15) is 18.1 Å². The van der Waals surface area contributed by atoms with Crippen molar-refractivity contribution < 1.29 is 27.6 Å². The summed E-state index contributed by atoms with van der Waals surface area (Å²) < 4.78 is 51.2. The van der Waals surface area contributed by atoms with Crippen LogP contribution in [0.3, 0.4) is 0 Å². The van der Waals surface area contributed by atoms with Gasteiger partial charge in [-0.25, -0.2) is 8.78 Å². The number of hydrogen-bond donors (Lipinski definition) is 0. The quantitative estimate of drug-likeness (QED) is 0.665. The Kier molecular flexibility index (Phi) is 7.19. The highest BCUT2D eigenvalue weighted by molar-refractivity contribution is 7.92. The molecule has 4 unspecified atom stereocenters. The van der Waals surface area contributed by atoms with Gasteiger partial charge in [0.15, 0.2) is 17.3 Å². The number of ketones is 1.